The topological polar surface area (TPSA) is 82.0 Å². The van der Waals surface area contributed by atoms with Gasteiger partial charge < -0.3 is 10.3 Å². The van der Waals surface area contributed by atoms with Crippen LogP contribution in [-0.4, -0.2) is 21.8 Å². The van der Waals surface area contributed by atoms with Crippen LogP contribution in [0.1, 0.15) is 36.8 Å². The predicted octanol–water partition coefficient (Wildman–Crippen LogP) is 4.50. The first kappa shape index (κ1) is 20.1. The number of carbonyl (C=O) groups excluding carboxylic acids is 1. The highest BCUT2D eigenvalue weighted by atomic mass is 19.3. The molecule has 0 bridgehead atoms. The molecule has 0 amide bonds. The van der Waals surface area contributed by atoms with Crippen LogP contribution in [0.25, 0.3) is 11.1 Å². The Morgan fingerprint density at radius 1 is 1.20 bits per heavy atom. The van der Waals surface area contributed by atoms with Crippen molar-refractivity contribution in [2.24, 2.45) is 0 Å². The van der Waals surface area contributed by atoms with E-state index >= 15 is 0 Å². The molecule has 1 aromatic carbocycles. The Hall–Kier alpha value is -3.16. The van der Waals surface area contributed by atoms with E-state index in [9.17, 15) is 18.0 Å². The van der Waals surface area contributed by atoms with Gasteiger partial charge in [-0.2, -0.15) is 0 Å². The van der Waals surface area contributed by atoms with Gasteiger partial charge in [0, 0.05) is 37.2 Å². The van der Waals surface area contributed by atoms with Crippen LogP contribution in [0.15, 0.2) is 47.1 Å². The molecule has 2 aromatic heterocycles. The highest BCUT2D eigenvalue weighted by Crippen LogP contribution is 2.58. The van der Waals surface area contributed by atoms with Gasteiger partial charge in [-0.3, -0.25) is 4.79 Å². The predicted molar refractivity (Wildman–Crippen MR) is 104 cm³/mol. The molecule has 5 nitrogen and oxygen atoms in total. The molecule has 30 heavy (non-hydrogen) atoms. The summed E-state index contributed by atoms with van der Waals surface area (Å²) in [4.78, 5) is 16.3. The third kappa shape index (κ3) is 3.81. The molecule has 0 atom stereocenters. The fourth-order valence-corrected chi connectivity index (χ4v) is 3.60. The molecular weight excluding hydrogens is 395 g/mol. The van der Waals surface area contributed by atoms with Crippen LogP contribution in [0.4, 0.5) is 19.0 Å². The monoisotopic (exact) mass is 415 g/mol. The molecule has 1 saturated carbocycles. The first-order chi connectivity index (χ1) is 14.2. The summed E-state index contributed by atoms with van der Waals surface area (Å²) in [7, 11) is 0. The van der Waals surface area contributed by atoms with E-state index in [1.165, 1.54) is 12.3 Å². The van der Waals surface area contributed by atoms with Gasteiger partial charge in [0.15, 0.2) is 0 Å². The number of Topliss-reactive ketones (excluding diaryl/α,β-unsaturated/α-hetero) is 1. The highest BCUT2D eigenvalue weighted by molar-refractivity contribution is 5.83. The molecule has 1 fully saturated rings. The number of carbonyl (C=O) groups is 1. The Labute approximate surface area is 171 Å². The molecule has 2 N–H and O–H groups in total. The van der Waals surface area contributed by atoms with E-state index in [4.69, 9.17) is 10.3 Å². The van der Waals surface area contributed by atoms with Gasteiger partial charge in [0.1, 0.15) is 23.2 Å². The number of halogens is 3. The minimum Gasteiger partial charge on any atom is -0.384 e. The largest absolute Gasteiger partial charge is 0.384 e. The molecule has 1 aliphatic carbocycles. The highest BCUT2D eigenvalue weighted by Gasteiger charge is 2.62. The number of hydrogen-bond acceptors (Lipinski definition) is 5. The van der Waals surface area contributed by atoms with Crippen molar-refractivity contribution in [3.05, 3.63) is 65.4 Å². The second-order valence-electron chi connectivity index (χ2n) is 7.83. The number of anilines is 1. The number of alkyl halides is 2. The number of benzene rings is 1. The second kappa shape index (κ2) is 7.27. The third-order valence-electron chi connectivity index (χ3n) is 5.54. The van der Waals surface area contributed by atoms with Crippen molar-refractivity contribution in [2.45, 2.75) is 43.9 Å². The van der Waals surface area contributed by atoms with Crippen LogP contribution in [-0.2, 0) is 23.1 Å². The maximum absolute atomic E-state index is 14.0. The van der Waals surface area contributed by atoms with E-state index in [-0.39, 0.29) is 30.2 Å². The molecule has 1 aliphatic rings. The summed E-state index contributed by atoms with van der Waals surface area (Å²) in [6.07, 6.45) is 2.18. The number of nitrogens with two attached hydrogens (primary N) is 1. The molecule has 0 spiro atoms. The molecule has 0 unspecified atom stereocenters. The quantitative estimate of drug-likeness (QED) is 0.615. The van der Waals surface area contributed by atoms with Gasteiger partial charge in [0.25, 0.3) is 5.92 Å². The molecule has 8 heteroatoms. The standard InChI is InChI=1S/C22H20F3N3O2/c1-21(24,25)22(6-7-22)19-10-15(28-30-19)9-16(29)8-13-2-4-14(5-3-13)17-12-27-20(26)11-18(17)23/h2-5,10-12H,6-9H2,1H3,(H2,26,27). The first-order valence-corrected chi connectivity index (χ1v) is 9.54. The van der Waals surface area contributed by atoms with Gasteiger partial charge in [-0.25, -0.2) is 18.2 Å². The number of ketones is 1. The Kier molecular flexibility index (Phi) is 4.88. The fourth-order valence-electron chi connectivity index (χ4n) is 3.60. The number of nitrogen functional groups attached to an aromatic ring is 1. The lowest BCUT2D eigenvalue weighted by Crippen LogP contribution is -2.29. The number of aromatic nitrogens is 2. The summed E-state index contributed by atoms with van der Waals surface area (Å²) in [5.41, 5.74) is 6.20. The lowest BCUT2D eigenvalue weighted by molar-refractivity contribution is -0.117. The lowest BCUT2D eigenvalue weighted by Gasteiger charge is -2.19. The van der Waals surface area contributed by atoms with Gasteiger partial charge in [0.05, 0.1) is 17.5 Å². The van der Waals surface area contributed by atoms with Crippen molar-refractivity contribution in [1.82, 2.24) is 10.1 Å². The molecule has 2 heterocycles. The van der Waals surface area contributed by atoms with Crippen molar-refractivity contribution < 1.29 is 22.5 Å². The molecule has 0 radical (unpaired) electrons. The summed E-state index contributed by atoms with van der Waals surface area (Å²) in [6, 6.07) is 9.48. The molecule has 0 saturated heterocycles. The van der Waals surface area contributed by atoms with Crippen LogP contribution >= 0.6 is 0 Å². The summed E-state index contributed by atoms with van der Waals surface area (Å²) in [6.45, 7) is 0.878. The average molecular weight is 415 g/mol. The zero-order valence-corrected chi connectivity index (χ0v) is 16.3. The zero-order valence-electron chi connectivity index (χ0n) is 16.3. The Balaban J connectivity index is 1.40. The molecule has 156 valence electrons. The van der Waals surface area contributed by atoms with E-state index in [0.29, 0.717) is 29.7 Å². The minimum absolute atomic E-state index is 0.00682. The SMILES string of the molecule is CC(F)(F)C1(c2cc(CC(=O)Cc3ccc(-c4cnc(N)cc4F)cc3)no2)CC1. The van der Waals surface area contributed by atoms with Crippen LogP contribution < -0.4 is 5.73 Å². The molecule has 4 rings (SSSR count). The molecular formula is C22H20F3N3O2. The Morgan fingerprint density at radius 2 is 1.90 bits per heavy atom. The van der Waals surface area contributed by atoms with E-state index < -0.39 is 17.2 Å². The molecule has 3 aromatic rings. The van der Waals surface area contributed by atoms with Gasteiger partial charge >= 0.3 is 0 Å². The number of pyridine rings is 1. The normalized spacial score (nSPS) is 15.2. The van der Waals surface area contributed by atoms with E-state index in [0.717, 1.165) is 18.6 Å². The Bertz CT molecular complexity index is 1080. The van der Waals surface area contributed by atoms with Gasteiger partial charge in [-0.15, -0.1) is 0 Å². The smallest absolute Gasteiger partial charge is 0.258 e. The summed E-state index contributed by atoms with van der Waals surface area (Å²) < 4.78 is 46.8. The van der Waals surface area contributed by atoms with Crippen molar-refractivity contribution in [3.8, 4) is 11.1 Å². The maximum Gasteiger partial charge on any atom is 0.258 e. The van der Waals surface area contributed by atoms with Gasteiger partial charge in [0.2, 0.25) is 0 Å². The third-order valence-corrected chi connectivity index (χ3v) is 5.54. The average Bonchev–Trinajstić information content (AvgIpc) is 3.37. The van der Waals surface area contributed by atoms with Crippen molar-refractivity contribution >= 4 is 11.6 Å². The lowest BCUT2D eigenvalue weighted by atomic mass is 9.95. The second-order valence-corrected chi connectivity index (χ2v) is 7.83. The van der Waals surface area contributed by atoms with Crippen LogP contribution in [0.3, 0.4) is 0 Å². The van der Waals surface area contributed by atoms with Crippen LogP contribution in [0.5, 0.6) is 0 Å². The number of nitrogens with zero attached hydrogens (tertiary/aromatic N) is 2. The minimum atomic E-state index is -2.89. The van der Waals surface area contributed by atoms with Crippen molar-refractivity contribution in [1.29, 1.82) is 0 Å². The Morgan fingerprint density at radius 3 is 2.50 bits per heavy atom. The fraction of sp³-hybridized carbons (Fsp3) is 0.318. The van der Waals surface area contributed by atoms with Gasteiger partial charge in [-0.05, 0) is 24.0 Å². The van der Waals surface area contributed by atoms with Crippen molar-refractivity contribution in [2.75, 3.05) is 5.73 Å². The number of hydrogen-bond donors (Lipinski definition) is 1. The van der Waals surface area contributed by atoms with Crippen LogP contribution in [0.2, 0.25) is 0 Å². The van der Waals surface area contributed by atoms with Crippen molar-refractivity contribution in [3.63, 3.8) is 0 Å². The van der Waals surface area contributed by atoms with E-state index in [1.54, 1.807) is 24.3 Å². The summed E-state index contributed by atoms with van der Waals surface area (Å²) >= 11 is 0. The zero-order chi connectivity index (χ0) is 21.5. The van der Waals surface area contributed by atoms with E-state index in [1.807, 2.05) is 0 Å². The van der Waals surface area contributed by atoms with E-state index in [2.05, 4.69) is 10.1 Å². The van der Waals surface area contributed by atoms with Gasteiger partial charge in [-0.1, -0.05) is 29.4 Å². The summed E-state index contributed by atoms with van der Waals surface area (Å²) in [5, 5.41) is 3.80. The van der Waals surface area contributed by atoms with Crippen LogP contribution in [0, 0.1) is 5.82 Å². The molecule has 0 aliphatic heterocycles. The first-order valence-electron chi connectivity index (χ1n) is 9.54. The number of rotatable bonds is 7. The maximum atomic E-state index is 14.0. The summed E-state index contributed by atoms with van der Waals surface area (Å²) in [5.74, 6) is -3.25.